The van der Waals surface area contributed by atoms with Crippen molar-refractivity contribution in [2.75, 3.05) is 39.2 Å². The smallest absolute Gasteiger partial charge is 0.251 e. The number of methoxy groups -OCH3 is 1. The summed E-state index contributed by atoms with van der Waals surface area (Å²) < 4.78 is 10.2. The van der Waals surface area contributed by atoms with Crippen molar-refractivity contribution >= 4 is 11.6 Å². The molecule has 3 N–H and O–H groups in total. The summed E-state index contributed by atoms with van der Waals surface area (Å²) in [5.41, 5.74) is 7.89. The van der Waals surface area contributed by atoms with Gasteiger partial charge in [-0.1, -0.05) is 0 Å². The predicted molar refractivity (Wildman–Crippen MR) is 75.2 cm³/mol. The Kier molecular flexibility index (Phi) is 6.92. The zero-order valence-electron chi connectivity index (χ0n) is 11.6. The van der Waals surface area contributed by atoms with E-state index in [9.17, 15) is 4.79 Å². The van der Waals surface area contributed by atoms with Gasteiger partial charge in [0.1, 0.15) is 0 Å². The van der Waals surface area contributed by atoms with E-state index < -0.39 is 0 Å². The van der Waals surface area contributed by atoms with Gasteiger partial charge in [-0.3, -0.25) is 4.79 Å². The number of nitrogen functional groups attached to an aromatic ring is 1. The fourth-order valence-corrected chi connectivity index (χ4v) is 1.67. The van der Waals surface area contributed by atoms with Crippen LogP contribution in [0.3, 0.4) is 0 Å². The standard InChI is InChI=1S/C14H22N2O3/c1-11-8-12(10-13(15)9-11)14(17)16-4-3-5-19-7-6-18-2/h8-10H,3-7,15H2,1-2H3,(H,16,17). The lowest BCUT2D eigenvalue weighted by molar-refractivity contribution is 0.0688. The van der Waals surface area contributed by atoms with Crippen molar-refractivity contribution in [2.45, 2.75) is 13.3 Å². The number of nitrogens with one attached hydrogen (secondary N) is 1. The topological polar surface area (TPSA) is 73.6 Å². The summed E-state index contributed by atoms with van der Waals surface area (Å²) in [7, 11) is 1.64. The third-order valence-electron chi connectivity index (χ3n) is 2.54. The van der Waals surface area contributed by atoms with E-state index in [-0.39, 0.29) is 5.91 Å². The number of nitrogens with two attached hydrogens (primary N) is 1. The van der Waals surface area contributed by atoms with Crippen LogP contribution in [0, 0.1) is 6.92 Å². The molecule has 0 saturated carbocycles. The van der Waals surface area contributed by atoms with Crippen molar-refractivity contribution in [2.24, 2.45) is 0 Å². The minimum Gasteiger partial charge on any atom is -0.399 e. The Morgan fingerprint density at radius 2 is 2.05 bits per heavy atom. The normalized spacial score (nSPS) is 10.4. The maximum Gasteiger partial charge on any atom is 0.251 e. The van der Waals surface area contributed by atoms with Crippen molar-refractivity contribution in [3.8, 4) is 0 Å². The van der Waals surface area contributed by atoms with Gasteiger partial charge in [0, 0.05) is 31.5 Å². The van der Waals surface area contributed by atoms with Gasteiger partial charge in [0.05, 0.1) is 13.2 Å². The second-order valence-corrected chi connectivity index (χ2v) is 4.35. The van der Waals surface area contributed by atoms with E-state index in [2.05, 4.69) is 5.32 Å². The Balaban J connectivity index is 2.24. The fourth-order valence-electron chi connectivity index (χ4n) is 1.67. The van der Waals surface area contributed by atoms with E-state index in [4.69, 9.17) is 15.2 Å². The van der Waals surface area contributed by atoms with Gasteiger partial charge in [-0.2, -0.15) is 0 Å². The molecule has 1 aromatic rings. The summed E-state index contributed by atoms with van der Waals surface area (Å²) in [6, 6.07) is 5.33. The highest BCUT2D eigenvalue weighted by Crippen LogP contribution is 2.10. The van der Waals surface area contributed by atoms with Crippen LogP contribution in [-0.2, 0) is 9.47 Å². The average Bonchev–Trinajstić information content (AvgIpc) is 2.36. The molecule has 5 heteroatoms. The molecular weight excluding hydrogens is 244 g/mol. The van der Waals surface area contributed by atoms with Crippen molar-refractivity contribution in [1.82, 2.24) is 5.32 Å². The average molecular weight is 266 g/mol. The number of hydrogen-bond acceptors (Lipinski definition) is 4. The minimum atomic E-state index is -0.104. The van der Waals surface area contributed by atoms with Crippen molar-refractivity contribution in [1.29, 1.82) is 0 Å². The zero-order chi connectivity index (χ0) is 14.1. The molecule has 0 aliphatic carbocycles. The maximum atomic E-state index is 11.9. The number of anilines is 1. The highest BCUT2D eigenvalue weighted by molar-refractivity contribution is 5.95. The third kappa shape index (κ3) is 6.22. The molecule has 0 fully saturated rings. The van der Waals surface area contributed by atoms with Crippen molar-refractivity contribution in [3.05, 3.63) is 29.3 Å². The van der Waals surface area contributed by atoms with E-state index in [1.165, 1.54) is 0 Å². The van der Waals surface area contributed by atoms with Gasteiger partial charge >= 0.3 is 0 Å². The first kappa shape index (κ1) is 15.5. The van der Waals surface area contributed by atoms with Gasteiger partial charge in [0.15, 0.2) is 0 Å². The summed E-state index contributed by atoms with van der Waals surface area (Å²) in [5.74, 6) is -0.104. The first-order chi connectivity index (χ1) is 9.13. The number of aryl methyl sites for hydroxylation is 1. The van der Waals surface area contributed by atoms with Gasteiger partial charge in [-0.05, 0) is 37.1 Å². The van der Waals surface area contributed by atoms with Crippen LogP contribution in [0.4, 0.5) is 5.69 Å². The van der Waals surface area contributed by atoms with Gasteiger partial charge in [0.2, 0.25) is 0 Å². The Bertz CT molecular complexity index is 387. The second-order valence-electron chi connectivity index (χ2n) is 4.35. The quantitative estimate of drug-likeness (QED) is 0.550. The number of amides is 1. The predicted octanol–water partition coefficient (Wildman–Crippen LogP) is 1.36. The van der Waals surface area contributed by atoms with Crippen LogP contribution in [0.15, 0.2) is 18.2 Å². The van der Waals surface area contributed by atoms with Crippen LogP contribution in [0.1, 0.15) is 22.3 Å². The number of rotatable bonds is 8. The summed E-state index contributed by atoms with van der Waals surface area (Å²) in [4.78, 5) is 11.9. The SMILES string of the molecule is COCCOCCCNC(=O)c1cc(C)cc(N)c1. The molecule has 19 heavy (non-hydrogen) atoms. The van der Waals surface area contributed by atoms with Crippen LogP contribution in [-0.4, -0.2) is 39.4 Å². The number of ether oxygens (including phenoxy) is 2. The minimum absolute atomic E-state index is 0.104. The molecule has 0 atom stereocenters. The Labute approximate surface area is 114 Å². The molecule has 0 saturated heterocycles. The molecule has 1 amide bonds. The van der Waals surface area contributed by atoms with Crippen LogP contribution in [0.5, 0.6) is 0 Å². The molecular formula is C14H22N2O3. The summed E-state index contributed by atoms with van der Waals surface area (Å²) in [6.45, 7) is 4.28. The molecule has 0 heterocycles. The maximum absolute atomic E-state index is 11.9. The molecule has 106 valence electrons. The van der Waals surface area contributed by atoms with Gasteiger partial charge in [-0.25, -0.2) is 0 Å². The molecule has 0 bridgehead atoms. The molecule has 0 aromatic heterocycles. The molecule has 0 spiro atoms. The lowest BCUT2D eigenvalue weighted by Gasteiger charge is -2.07. The first-order valence-electron chi connectivity index (χ1n) is 6.35. The zero-order valence-corrected chi connectivity index (χ0v) is 11.6. The van der Waals surface area contributed by atoms with Crippen LogP contribution in [0.25, 0.3) is 0 Å². The lowest BCUT2D eigenvalue weighted by atomic mass is 10.1. The third-order valence-corrected chi connectivity index (χ3v) is 2.54. The molecule has 5 nitrogen and oxygen atoms in total. The van der Waals surface area contributed by atoms with Gasteiger partial charge < -0.3 is 20.5 Å². The number of hydrogen-bond donors (Lipinski definition) is 2. The van der Waals surface area contributed by atoms with Gasteiger partial charge in [0.25, 0.3) is 5.91 Å². The summed E-state index contributed by atoms with van der Waals surface area (Å²) >= 11 is 0. The second kappa shape index (κ2) is 8.50. The largest absolute Gasteiger partial charge is 0.399 e. The fraction of sp³-hybridized carbons (Fsp3) is 0.500. The summed E-state index contributed by atoms with van der Waals surface area (Å²) in [6.07, 6.45) is 0.775. The Morgan fingerprint density at radius 1 is 1.26 bits per heavy atom. The Hall–Kier alpha value is -1.59. The summed E-state index contributed by atoms with van der Waals surface area (Å²) in [5, 5.41) is 2.84. The molecule has 0 aliphatic heterocycles. The van der Waals surface area contributed by atoms with E-state index in [1.807, 2.05) is 19.1 Å². The van der Waals surface area contributed by atoms with E-state index in [0.717, 1.165) is 12.0 Å². The highest BCUT2D eigenvalue weighted by Gasteiger charge is 2.05. The van der Waals surface area contributed by atoms with E-state index >= 15 is 0 Å². The number of benzene rings is 1. The molecule has 0 radical (unpaired) electrons. The first-order valence-corrected chi connectivity index (χ1v) is 6.35. The molecule has 1 rings (SSSR count). The van der Waals surface area contributed by atoms with Crippen LogP contribution < -0.4 is 11.1 Å². The molecule has 0 aliphatic rings. The Morgan fingerprint density at radius 3 is 2.74 bits per heavy atom. The van der Waals surface area contributed by atoms with Crippen molar-refractivity contribution < 1.29 is 14.3 Å². The van der Waals surface area contributed by atoms with E-state index in [1.54, 1.807) is 13.2 Å². The van der Waals surface area contributed by atoms with Crippen LogP contribution in [0.2, 0.25) is 0 Å². The van der Waals surface area contributed by atoms with Crippen LogP contribution >= 0.6 is 0 Å². The van der Waals surface area contributed by atoms with Crippen molar-refractivity contribution in [3.63, 3.8) is 0 Å². The van der Waals surface area contributed by atoms with Gasteiger partial charge in [-0.15, -0.1) is 0 Å². The molecule has 1 aromatic carbocycles. The number of carbonyl (C=O) groups is 1. The highest BCUT2D eigenvalue weighted by atomic mass is 16.5. The lowest BCUT2D eigenvalue weighted by Crippen LogP contribution is -2.25. The molecule has 0 unspecified atom stereocenters. The monoisotopic (exact) mass is 266 g/mol. The van der Waals surface area contributed by atoms with E-state index in [0.29, 0.717) is 37.6 Å². The number of carbonyl (C=O) groups excluding carboxylic acids is 1.